The minimum atomic E-state index is -0.334. The molecular weight excluding hydrogens is 795 g/mol. The number of aromatic nitrogens is 3. The van der Waals surface area contributed by atoms with E-state index in [1.807, 2.05) is 18.3 Å². The molecule has 0 atom stereocenters. The third-order valence-corrected chi connectivity index (χ3v) is 13.2. The number of furan rings is 1. The van der Waals surface area contributed by atoms with E-state index in [9.17, 15) is 5.11 Å². The summed E-state index contributed by atoms with van der Waals surface area (Å²) >= 11 is 0. The molecule has 65 heavy (non-hydrogen) atoms. The van der Waals surface area contributed by atoms with Gasteiger partial charge in [0.15, 0.2) is 0 Å². The van der Waals surface area contributed by atoms with E-state index >= 15 is 0 Å². The van der Waals surface area contributed by atoms with Crippen molar-refractivity contribution in [3.63, 3.8) is 0 Å². The molecule has 0 aliphatic rings. The molecule has 3 heterocycles. The maximum absolute atomic E-state index is 12.7. The summed E-state index contributed by atoms with van der Waals surface area (Å²) in [5.41, 5.74) is 15.4. The number of benzene rings is 7. The van der Waals surface area contributed by atoms with E-state index in [0.717, 1.165) is 88.5 Å². The van der Waals surface area contributed by atoms with E-state index in [4.69, 9.17) is 14.4 Å². The van der Waals surface area contributed by atoms with Crippen molar-refractivity contribution in [1.29, 1.82) is 0 Å². The van der Waals surface area contributed by atoms with Crippen LogP contribution >= 0.6 is 0 Å². The highest BCUT2D eigenvalue weighted by molar-refractivity contribution is 6.16. The fourth-order valence-corrected chi connectivity index (χ4v) is 9.70. The molecule has 0 spiro atoms. The fourth-order valence-electron chi connectivity index (χ4n) is 9.70. The maximum atomic E-state index is 12.7. The van der Waals surface area contributed by atoms with Gasteiger partial charge in [0.05, 0.1) is 28.0 Å². The minimum absolute atomic E-state index is 0.172. The average Bonchev–Trinajstić information content (AvgIpc) is 3.86. The lowest BCUT2D eigenvalue weighted by atomic mass is 9.78. The van der Waals surface area contributed by atoms with Gasteiger partial charge >= 0.3 is 0 Å². The Labute approximate surface area is 382 Å². The molecule has 0 amide bonds. The summed E-state index contributed by atoms with van der Waals surface area (Å²) < 4.78 is 9.08. The van der Waals surface area contributed by atoms with E-state index in [1.54, 1.807) is 0 Å². The molecule has 7 aromatic carbocycles. The third-order valence-electron chi connectivity index (χ3n) is 13.2. The zero-order valence-electron chi connectivity index (χ0n) is 39.2. The second-order valence-corrected chi connectivity index (χ2v) is 20.4. The number of aromatic hydroxyl groups is 1. The Bertz CT molecular complexity index is 3430. The highest BCUT2D eigenvalue weighted by Gasteiger charge is 2.31. The molecule has 0 bridgehead atoms. The third kappa shape index (κ3) is 7.18. The summed E-state index contributed by atoms with van der Waals surface area (Å²) in [5, 5.41) is 17.0. The lowest BCUT2D eigenvalue weighted by Gasteiger charge is -2.28. The molecule has 0 saturated carbocycles. The Morgan fingerprint density at radius 3 is 1.94 bits per heavy atom. The largest absolute Gasteiger partial charge is 0.507 e. The van der Waals surface area contributed by atoms with Crippen LogP contribution in [0.1, 0.15) is 103 Å². The van der Waals surface area contributed by atoms with E-state index in [-0.39, 0.29) is 28.4 Å². The van der Waals surface area contributed by atoms with Crippen molar-refractivity contribution < 1.29 is 9.52 Å². The summed E-state index contributed by atoms with van der Waals surface area (Å²) in [6.07, 6.45) is 1.90. The number of phenols is 1. The molecule has 1 N–H and O–H groups in total. The van der Waals surface area contributed by atoms with Gasteiger partial charge in [0.2, 0.25) is 0 Å². The highest BCUT2D eigenvalue weighted by atomic mass is 16.3. The van der Waals surface area contributed by atoms with Gasteiger partial charge in [-0.05, 0) is 110 Å². The van der Waals surface area contributed by atoms with Crippen LogP contribution in [0.4, 0.5) is 0 Å². The van der Waals surface area contributed by atoms with Gasteiger partial charge in [0.1, 0.15) is 22.7 Å². The van der Waals surface area contributed by atoms with E-state index < -0.39 is 0 Å². The number of phenolic OH excluding ortho intramolecular Hbond substituents is 1. The number of rotatable bonds is 7. The number of hydrogen-bond donors (Lipinski definition) is 1. The standard InChI is InChI=1S/C60H57N3O2/c1-35(2)45-29-39(37-19-12-11-13-20-37)30-46(36(3)4)56(45)63-50-25-18-24-43(55(50)62-58(63)48-33-41(59(5,6)7)34-49(57(48)64)60(8,9)10)40-31-47(54-42-22-15-14-21-38(42)27-28-61-54)53-44-23-16-17-26-51(44)65-52(53)32-40/h11-36,64H,1-10H3. The first-order valence-corrected chi connectivity index (χ1v) is 23.0. The summed E-state index contributed by atoms with van der Waals surface area (Å²) in [6, 6.07) is 49.5. The van der Waals surface area contributed by atoms with Crippen molar-refractivity contribution in [3.8, 4) is 56.3 Å². The summed E-state index contributed by atoms with van der Waals surface area (Å²) in [6.45, 7) is 22.4. The Kier molecular flexibility index (Phi) is 10.1. The van der Waals surface area contributed by atoms with E-state index in [2.05, 4.69) is 201 Å². The second kappa shape index (κ2) is 15.6. The van der Waals surface area contributed by atoms with E-state index in [0.29, 0.717) is 5.82 Å². The Morgan fingerprint density at radius 2 is 1.25 bits per heavy atom. The highest BCUT2D eigenvalue weighted by Crippen LogP contribution is 2.48. The SMILES string of the molecule is CC(C)c1cc(-c2ccccc2)cc(C(C)C)c1-n1c(-c2cc(C(C)(C)C)cc(C(C)(C)C)c2O)nc2c(-c3cc(-c4nccc5ccccc45)c4c(c3)oc3ccccc34)cccc21. The van der Waals surface area contributed by atoms with E-state index in [1.165, 1.54) is 22.3 Å². The van der Waals surface area contributed by atoms with Crippen molar-refractivity contribution in [2.45, 2.75) is 91.9 Å². The number of imidazole rings is 1. The minimum Gasteiger partial charge on any atom is -0.507 e. The normalized spacial score (nSPS) is 12.5. The molecule has 0 saturated heterocycles. The number of pyridine rings is 1. The van der Waals surface area contributed by atoms with Gasteiger partial charge in [-0.15, -0.1) is 0 Å². The Morgan fingerprint density at radius 1 is 0.569 bits per heavy atom. The molecule has 3 aromatic heterocycles. The maximum Gasteiger partial charge on any atom is 0.149 e. The Hall–Kier alpha value is -6.98. The molecule has 0 aliphatic carbocycles. The van der Waals surface area contributed by atoms with Gasteiger partial charge in [0, 0.05) is 39.0 Å². The van der Waals surface area contributed by atoms with Gasteiger partial charge < -0.3 is 9.52 Å². The number of nitrogens with zero attached hydrogens (tertiary/aromatic N) is 3. The molecule has 0 unspecified atom stereocenters. The lowest BCUT2D eigenvalue weighted by Crippen LogP contribution is -2.17. The number of fused-ring (bicyclic) bond motifs is 5. The second-order valence-electron chi connectivity index (χ2n) is 20.4. The van der Waals surface area contributed by atoms with Crippen LogP contribution in [0.25, 0.3) is 94.3 Å². The quantitative estimate of drug-likeness (QED) is 0.173. The van der Waals surface area contributed by atoms with Gasteiger partial charge in [-0.2, -0.15) is 0 Å². The predicted octanol–water partition coefficient (Wildman–Crippen LogP) is 16.7. The molecule has 0 aliphatic heterocycles. The number of hydrogen-bond acceptors (Lipinski definition) is 4. The molecule has 10 aromatic rings. The first kappa shape index (κ1) is 42.0. The Balaban J connectivity index is 1.34. The van der Waals surface area contributed by atoms with Crippen LogP contribution in [-0.4, -0.2) is 19.6 Å². The lowest BCUT2D eigenvalue weighted by molar-refractivity contribution is 0.446. The molecular formula is C60H57N3O2. The summed E-state index contributed by atoms with van der Waals surface area (Å²) in [5.74, 6) is 1.31. The molecule has 324 valence electrons. The van der Waals surface area contributed by atoms with Crippen LogP contribution < -0.4 is 0 Å². The van der Waals surface area contributed by atoms with Crippen LogP contribution in [-0.2, 0) is 10.8 Å². The first-order valence-electron chi connectivity index (χ1n) is 23.0. The van der Waals surface area contributed by atoms with Gasteiger partial charge in [-0.1, -0.05) is 160 Å². The van der Waals surface area contributed by atoms with Crippen LogP contribution in [0.5, 0.6) is 5.75 Å². The molecule has 0 radical (unpaired) electrons. The molecule has 5 nitrogen and oxygen atoms in total. The first-order chi connectivity index (χ1) is 31.1. The van der Waals surface area contributed by atoms with Crippen LogP contribution in [0.15, 0.2) is 150 Å². The average molecular weight is 852 g/mol. The van der Waals surface area contributed by atoms with Crippen LogP contribution in [0, 0.1) is 0 Å². The van der Waals surface area contributed by atoms with Crippen molar-refractivity contribution >= 4 is 43.7 Å². The number of para-hydroxylation sites is 2. The zero-order valence-corrected chi connectivity index (χ0v) is 39.2. The summed E-state index contributed by atoms with van der Waals surface area (Å²) in [4.78, 5) is 10.8. The van der Waals surface area contributed by atoms with Gasteiger partial charge in [-0.25, -0.2) is 4.98 Å². The van der Waals surface area contributed by atoms with Crippen molar-refractivity contribution in [2.75, 3.05) is 0 Å². The predicted molar refractivity (Wildman–Crippen MR) is 273 cm³/mol. The molecule has 10 rings (SSSR count). The fraction of sp³-hybridized carbons (Fsp3) is 0.233. The molecule has 0 fully saturated rings. The van der Waals surface area contributed by atoms with Crippen LogP contribution in [0.3, 0.4) is 0 Å². The summed E-state index contributed by atoms with van der Waals surface area (Å²) in [7, 11) is 0. The van der Waals surface area contributed by atoms with Crippen molar-refractivity contribution in [3.05, 3.63) is 168 Å². The topological polar surface area (TPSA) is 64.1 Å². The van der Waals surface area contributed by atoms with Crippen molar-refractivity contribution in [1.82, 2.24) is 14.5 Å². The smallest absolute Gasteiger partial charge is 0.149 e. The van der Waals surface area contributed by atoms with Crippen LogP contribution in [0.2, 0.25) is 0 Å². The van der Waals surface area contributed by atoms with Gasteiger partial charge in [0.25, 0.3) is 0 Å². The van der Waals surface area contributed by atoms with Crippen molar-refractivity contribution in [2.24, 2.45) is 0 Å². The molecule has 5 heteroatoms. The zero-order chi connectivity index (χ0) is 45.5. The monoisotopic (exact) mass is 851 g/mol. The van der Waals surface area contributed by atoms with Gasteiger partial charge in [-0.3, -0.25) is 9.55 Å².